The zero-order valence-electron chi connectivity index (χ0n) is 63.3. The first-order valence-corrected chi connectivity index (χ1v) is 35.9. The topological polar surface area (TPSA) is 337 Å². The van der Waals surface area contributed by atoms with Crippen LogP contribution in [0.1, 0.15) is 131 Å². The maximum absolute atomic E-state index is 15.6. The Balaban J connectivity index is 1.68. The van der Waals surface area contributed by atoms with Gasteiger partial charge in [-0.25, -0.2) is 0 Å². The van der Waals surface area contributed by atoms with E-state index in [0.717, 1.165) is 38.9 Å². The van der Waals surface area contributed by atoms with Crippen molar-refractivity contribution in [3.05, 3.63) is 108 Å². The molecule has 0 unspecified atom stereocenters. The Morgan fingerprint density at radius 3 is 1.55 bits per heavy atom. The highest BCUT2D eigenvalue weighted by Gasteiger charge is 2.44. The molecule has 0 spiro atoms. The Hall–Kier alpha value is -9.27. The Morgan fingerprint density at radius 2 is 1.03 bits per heavy atom. The summed E-state index contributed by atoms with van der Waals surface area (Å²) in [7, 11) is 8.06. The van der Waals surface area contributed by atoms with Crippen molar-refractivity contribution in [1.29, 1.82) is 0 Å². The third-order valence-electron chi connectivity index (χ3n) is 19.4. The number of carbonyl (C=O) groups is 13. The maximum atomic E-state index is 15.6. The number of amides is 13. The maximum Gasteiger partial charge on any atom is 0.248 e. The quantitative estimate of drug-likeness (QED) is 0.0963. The lowest BCUT2D eigenvalue weighted by molar-refractivity contribution is -0.150. The van der Waals surface area contributed by atoms with Gasteiger partial charge in [-0.2, -0.15) is 0 Å². The number of aliphatic hydroxyl groups excluding tert-OH is 1. The number of hydrogen-bond acceptors (Lipinski definition) is 14. The fourth-order valence-electron chi connectivity index (χ4n) is 13.0. The Labute approximate surface area is 607 Å². The van der Waals surface area contributed by atoms with Gasteiger partial charge in [0.2, 0.25) is 76.8 Å². The van der Waals surface area contributed by atoms with Crippen molar-refractivity contribution >= 4 is 76.8 Å². The smallest absolute Gasteiger partial charge is 0.248 e. The Morgan fingerprint density at radius 1 is 0.524 bits per heavy atom. The number of carbonyl (C=O) groups excluding carboxylic acids is 13. The largest absolute Gasteiger partial charge is 0.391 e. The summed E-state index contributed by atoms with van der Waals surface area (Å²) in [5, 5.41) is 27.8. The number of benzene rings is 3. The molecular weight excluding hydrogens is 1320 g/mol. The number of nitrogens with zero attached hydrogens (tertiary/aromatic N) is 7. The average Bonchev–Trinajstić information content (AvgIpc) is 0.838. The molecule has 0 aliphatic carbocycles. The van der Waals surface area contributed by atoms with Crippen molar-refractivity contribution in [2.75, 3.05) is 61.9 Å². The number of likely N-dealkylation sites (N-methyl/N-ethyl adjacent to an activating group) is 6. The van der Waals surface area contributed by atoms with Crippen LogP contribution in [0.2, 0.25) is 0 Å². The molecule has 3 aromatic rings. The normalized spacial score (nSPS) is 23.9. The van der Waals surface area contributed by atoms with E-state index in [9.17, 15) is 43.5 Å². The third kappa shape index (κ3) is 23.6. The molecule has 0 aromatic heterocycles. The van der Waals surface area contributed by atoms with Crippen LogP contribution in [-0.2, 0) is 81.6 Å². The molecule has 2 heterocycles. The molecule has 0 radical (unpaired) electrons. The highest BCUT2D eigenvalue weighted by atomic mass is 16.3. The molecule has 103 heavy (non-hydrogen) atoms. The molecule has 2 aliphatic heterocycles. The fourth-order valence-corrected chi connectivity index (χ4v) is 13.0. The summed E-state index contributed by atoms with van der Waals surface area (Å²) >= 11 is 0. The molecular formula is C76H113N13O14. The molecule has 27 heteroatoms. The number of likely N-dealkylation sites (tertiary alicyclic amines) is 1. The van der Waals surface area contributed by atoms with Crippen molar-refractivity contribution in [3.63, 3.8) is 0 Å². The highest BCUT2D eigenvalue weighted by molar-refractivity contribution is 6.01. The van der Waals surface area contributed by atoms with Crippen molar-refractivity contribution in [2.45, 2.75) is 207 Å². The average molecular weight is 1430 g/mol. The van der Waals surface area contributed by atoms with Crippen LogP contribution >= 0.6 is 0 Å². The van der Waals surface area contributed by atoms with E-state index >= 15 is 24.0 Å². The van der Waals surface area contributed by atoms with Gasteiger partial charge < -0.3 is 71.3 Å². The lowest BCUT2D eigenvalue weighted by atomic mass is 9.96. The molecule has 7 N–H and O–H groups in total. The van der Waals surface area contributed by atoms with E-state index in [1.54, 1.807) is 144 Å². The molecule has 0 bridgehead atoms. The molecule has 13 amide bonds. The molecule has 566 valence electrons. The van der Waals surface area contributed by atoms with Gasteiger partial charge in [0.15, 0.2) is 0 Å². The van der Waals surface area contributed by atoms with Gasteiger partial charge in [-0.1, -0.05) is 146 Å². The van der Waals surface area contributed by atoms with Gasteiger partial charge in [-0.15, -0.1) is 0 Å². The van der Waals surface area contributed by atoms with Gasteiger partial charge in [-0.3, -0.25) is 62.3 Å². The van der Waals surface area contributed by atoms with Crippen LogP contribution < -0.4 is 31.9 Å². The van der Waals surface area contributed by atoms with Gasteiger partial charge in [0, 0.05) is 74.6 Å². The van der Waals surface area contributed by atoms with Crippen LogP contribution in [0.5, 0.6) is 0 Å². The first-order valence-electron chi connectivity index (χ1n) is 35.9. The van der Waals surface area contributed by atoms with Crippen molar-refractivity contribution in [1.82, 2.24) is 66.2 Å². The molecule has 0 saturated carbocycles. The van der Waals surface area contributed by atoms with Crippen LogP contribution in [0, 0.1) is 23.7 Å². The monoisotopic (exact) mass is 1430 g/mol. The molecule has 2 saturated heterocycles. The Bertz CT molecular complexity index is 3410. The molecule has 5 rings (SSSR count). The number of aliphatic hydroxyl groups is 1. The number of piperidine rings is 1. The van der Waals surface area contributed by atoms with Gasteiger partial charge >= 0.3 is 0 Å². The standard InChI is InChI=1S/C76H113N13O14/c1-45(2)38-57-70(97)82-64(51(11)90)76(103)87(16)58(41-53-32-24-19-25-33-53)68(95)77-44-62(92)84(13)60(39-46(3)4)74(101)88(17)65(48(7)8)71(98)79-55(40-52-30-22-18-23-31-52)67(94)80-56(43-61(91)83(12)50(10)66(93)81-63(47(5)6)75(102)86(57)15)73(100)85(14)59(42-54-34-26-20-27-35-54)69(96)78-49(9)72(99)89-36-28-21-29-37-89/h18-20,22-27,30-35,45-51,55-60,63-65,90H,21,28-29,36-44H2,1-17H3,(H,77,95)(H,78,96)(H,79,98)(H,80,94)(H,81,93)(H,82,97)/t49-,50+,51+,55-,56-,57-,58-,59-,60-,63-,64-,65-/m0/s1. The minimum absolute atomic E-state index is 0.0248. The van der Waals surface area contributed by atoms with Crippen LogP contribution in [0.3, 0.4) is 0 Å². The summed E-state index contributed by atoms with van der Waals surface area (Å²) in [5.74, 6) is -12.0. The first-order chi connectivity index (χ1) is 48.5. The summed E-state index contributed by atoms with van der Waals surface area (Å²) in [4.78, 5) is 201. The third-order valence-corrected chi connectivity index (χ3v) is 19.4. The molecule has 2 fully saturated rings. The zero-order valence-corrected chi connectivity index (χ0v) is 63.3. The fraction of sp³-hybridized carbons (Fsp3) is 0.592. The van der Waals surface area contributed by atoms with Crippen molar-refractivity contribution in [3.8, 4) is 0 Å². The summed E-state index contributed by atoms with van der Waals surface area (Å²) in [5.41, 5.74) is 1.77. The predicted octanol–water partition coefficient (Wildman–Crippen LogP) is 2.46. The number of rotatable bonds is 18. The van der Waals surface area contributed by atoms with Crippen molar-refractivity contribution in [2.24, 2.45) is 23.7 Å². The van der Waals surface area contributed by atoms with Gasteiger partial charge in [-0.05, 0) is 93.2 Å². The van der Waals surface area contributed by atoms with E-state index in [0.29, 0.717) is 29.8 Å². The SMILES string of the molecule is CC(C)C[C@H]1C(=O)N(C)[C@@H](C(C)C)C(=O)N[C@@H](Cc2ccccc2)C(=O)N[C@H](C(=O)N(C)[C@@H](Cc2ccccc2)C(=O)N[C@@H](C)C(=O)N2CCCCC2)CC(=O)N(C)[C@H](C)C(=O)N[C@@H](C(C)C)C(=O)N(C)[C@@H](CC(C)C)C(=O)N[C@@H]([C@@H](C)O)C(=O)N(C)[C@@H](Cc2ccccc2)C(=O)NCC(=O)N1C. The van der Waals surface area contributed by atoms with E-state index in [1.165, 1.54) is 65.9 Å². The van der Waals surface area contributed by atoms with E-state index in [1.807, 2.05) is 13.8 Å². The summed E-state index contributed by atoms with van der Waals surface area (Å²) in [6, 6.07) is 10.6. The first kappa shape index (κ1) is 84.4. The second-order valence-corrected chi connectivity index (χ2v) is 29.2. The van der Waals surface area contributed by atoms with Gasteiger partial charge in [0.1, 0.15) is 66.5 Å². The summed E-state index contributed by atoms with van der Waals surface area (Å²) < 4.78 is 0. The van der Waals surface area contributed by atoms with Crippen LogP contribution in [0.25, 0.3) is 0 Å². The zero-order chi connectivity index (χ0) is 76.9. The van der Waals surface area contributed by atoms with E-state index in [-0.39, 0.29) is 49.8 Å². The van der Waals surface area contributed by atoms with E-state index in [4.69, 9.17) is 0 Å². The highest BCUT2D eigenvalue weighted by Crippen LogP contribution is 2.23. The lowest BCUT2D eigenvalue weighted by Crippen LogP contribution is -2.62. The molecule has 2 aliphatic rings. The number of hydrogen-bond donors (Lipinski definition) is 7. The van der Waals surface area contributed by atoms with Gasteiger partial charge in [0.05, 0.1) is 19.1 Å². The second-order valence-electron chi connectivity index (χ2n) is 29.2. The second kappa shape index (κ2) is 39.4. The summed E-state index contributed by atoms with van der Waals surface area (Å²) in [6.45, 7) is 18.5. The van der Waals surface area contributed by atoms with Crippen molar-refractivity contribution < 1.29 is 67.4 Å². The lowest BCUT2D eigenvalue weighted by Gasteiger charge is -2.37. The van der Waals surface area contributed by atoms with E-state index in [2.05, 4.69) is 31.9 Å². The van der Waals surface area contributed by atoms with E-state index < -0.39 is 168 Å². The minimum atomic E-state index is -1.85. The predicted molar refractivity (Wildman–Crippen MR) is 389 cm³/mol. The van der Waals surface area contributed by atoms with Crippen LogP contribution in [-0.4, -0.2) is 251 Å². The van der Waals surface area contributed by atoms with Gasteiger partial charge in [0.25, 0.3) is 0 Å². The molecule has 3 aromatic carbocycles. The van der Waals surface area contributed by atoms with Crippen LogP contribution in [0.15, 0.2) is 91.0 Å². The minimum Gasteiger partial charge on any atom is -0.391 e. The number of nitrogens with one attached hydrogen (secondary N) is 6. The molecule has 27 nitrogen and oxygen atoms in total. The summed E-state index contributed by atoms with van der Waals surface area (Å²) in [6.07, 6.45) is -0.170. The van der Waals surface area contributed by atoms with Crippen LogP contribution in [0.4, 0.5) is 0 Å². The Kier molecular flexibility index (Phi) is 32.3. The molecule has 12 atom stereocenters.